The van der Waals surface area contributed by atoms with Crippen molar-refractivity contribution in [1.82, 2.24) is 19.7 Å². The van der Waals surface area contributed by atoms with E-state index in [4.69, 9.17) is 9.47 Å². The highest BCUT2D eigenvalue weighted by molar-refractivity contribution is 7.99. The Bertz CT molecular complexity index is 800. The van der Waals surface area contributed by atoms with Gasteiger partial charge in [0.1, 0.15) is 18.1 Å². The number of carbonyl (C=O) groups excluding carboxylic acids is 1. The molecule has 1 saturated heterocycles. The fourth-order valence-electron chi connectivity index (χ4n) is 3.55. The molecule has 0 aliphatic carbocycles. The topological polar surface area (TPSA) is 69.5 Å². The van der Waals surface area contributed by atoms with Crippen LogP contribution < -0.4 is 9.47 Å². The Labute approximate surface area is 170 Å². The first-order valence-corrected chi connectivity index (χ1v) is 10.6. The van der Waals surface area contributed by atoms with Gasteiger partial charge < -0.3 is 18.9 Å². The molecular weight excluding hydrogens is 376 g/mol. The third-order valence-electron chi connectivity index (χ3n) is 5.14. The monoisotopic (exact) mass is 404 g/mol. The predicted molar refractivity (Wildman–Crippen MR) is 109 cm³/mol. The Morgan fingerprint density at radius 3 is 2.64 bits per heavy atom. The first-order chi connectivity index (χ1) is 13.5. The second-order valence-electron chi connectivity index (χ2n) is 7.14. The largest absolute Gasteiger partial charge is 0.497 e. The number of methoxy groups -OCH3 is 1. The highest BCUT2D eigenvalue weighted by Crippen LogP contribution is 2.25. The molecule has 28 heavy (non-hydrogen) atoms. The van der Waals surface area contributed by atoms with Crippen LogP contribution in [0.1, 0.15) is 38.9 Å². The molecule has 1 amide bonds. The second-order valence-corrected chi connectivity index (χ2v) is 8.09. The van der Waals surface area contributed by atoms with E-state index in [0.717, 1.165) is 23.7 Å². The Hall–Kier alpha value is -2.22. The summed E-state index contributed by atoms with van der Waals surface area (Å²) in [5.41, 5.74) is 0. The van der Waals surface area contributed by atoms with Crippen LogP contribution in [0.15, 0.2) is 29.4 Å². The van der Waals surface area contributed by atoms with Gasteiger partial charge in [0.25, 0.3) is 0 Å². The molecular formula is C20H28N4O3S. The standard InChI is InChI=1S/C20H28N4O3S/c1-14-7-5-8-15(2)24(14)19(25)13-28-20-22-21-18(23(20)3)12-27-17-10-6-9-16(11-17)26-4/h6,9-11,14-15H,5,7-8,12-13H2,1-4H3. The summed E-state index contributed by atoms with van der Waals surface area (Å²) in [6.07, 6.45) is 3.35. The Balaban J connectivity index is 1.56. The lowest BCUT2D eigenvalue weighted by molar-refractivity contribution is -0.134. The van der Waals surface area contributed by atoms with Crippen LogP contribution in [-0.2, 0) is 18.4 Å². The summed E-state index contributed by atoms with van der Waals surface area (Å²) in [6, 6.07) is 8.05. The number of benzene rings is 1. The van der Waals surface area contributed by atoms with E-state index >= 15 is 0 Å². The molecule has 1 aromatic heterocycles. The van der Waals surface area contributed by atoms with Crippen LogP contribution in [0.4, 0.5) is 0 Å². The molecule has 1 aliphatic heterocycles. The van der Waals surface area contributed by atoms with Crippen LogP contribution in [-0.4, -0.2) is 50.5 Å². The number of thioether (sulfide) groups is 1. The smallest absolute Gasteiger partial charge is 0.233 e. The van der Waals surface area contributed by atoms with Gasteiger partial charge in [0, 0.05) is 25.2 Å². The predicted octanol–water partition coefficient (Wildman–Crippen LogP) is 3.28. The van der Waals surface area contributed by atoms with Crippen molar-refractivity contribution in [1.29, 1.82) is 0 Å². The van der Waals surface area contributed by atoms with E-state index in [1.54, 1.807) is 7.11 Å². The lowest BCUT2D eigenvalue weighted by atomic mass is 9.98. The Morgan fingerprint density at radius 2 is 1.93 bits per heavy atom. The number of hydrogen-bond acceptors (Lipinski definition) is 6. The number of aromatic nitrogens is 3. The van der Waals surface area contributed by atoms with Gasteiger partial charge in [-0.2, -0.15) is 0 Å². The summed E-state index contributed by atoms with van der Waals surface area (Å²) in [5.74, 6) is 2.70. The van der Waals surface area contributed by atoms with Crippen molar-refractivity contribution in [2.24, 2.45) is 7.05 Å². The molecule has 2 heterocycles. The quantitative estimate of drug-likeness (QED) is 0.660. The number of hydrogen-bond donors (Lipinski definition) is 0. The summed E-state index contributed by atoms with van der Waals surface area (Å²) in [6.45, 7) is 4.56. The molecule has 8 heteroatoms. The maximum absolute atomic E-state index is 12.7. The average molecular weight is 405 g/mol. The van der Waals surface area contributed by atoms with E-state index in [1.165, 1.54) is 18.2 Å². The lowest BCUT2D eigenvalue weighted by Gasteiger charge is -2.39. The number of likely N-dealkylation sites (tertiary alicyclic amines) is 1. The summed E-state index contributed by atoms with van der Waals surface area (Å²) < 4.78 is 12.9. The molecule has 0 saturated carbocycles. The van der Waals surface area contributed by atoms with Crippen molar-refractivity contribution in [3.63, 3.8) is 0 Å². The zero-order valence-corrected chi connectivity index (χ0v) is 17.7. The Morgan fingerprint density at radius 1 is 1.21 bits per heavy atom. The zero-order chi connectivity index (χ0) is 20.1. The van der Waals surface area contributed by atoms with Crippen molar-refractivity contribution in [3.8, 4) is 11.5 Å². The lowest BCUT2D eigenvalue weighted by Crippen LogP contribution is -2.48. The van der Waals surface area contributed by atoms with E-state index in [1.807, 2.05) is 40.8 Å². The molecule has 1 fully saturated rings. The minimum Gasteiger partial charge on any atom is -0.497 e. The van der Waals surface area contributed by atoms with Crippen LogP contribution in [0.2, 0.25) is 0 Å². The molecule has 0 radical (unpaired) electrons. The van der Waals surface area contributed by atoms with Gasteiger partial charge >= 0.3 is 0 Å². The molecule has 2 unspecified atom stereocenters. The van der Waals surface area contributed by atoms with Crippen molar-refractivity contribution in [2.75, 3.05) is 12.9 Å². The van der Waals surface area contributed by atoms with Gasteiger partial charge in [-0.1, -0.05) is 17.8 Å². The highest BCUT2D eigenvalue weighted by atomic mass is 32.2. The van der Waals surface area contributed by atoms with Crippen LogP contribution >= 0.6 is 11.8 Å². The number of carbonyl (C=O) groups is 1. The van der Waals surface area contributed by atoms with Gasteiger partial charge in [-0.3, -0.25) is 4.79 Å². The number of nitrogens with zero attached hydrogens (tertiary/aromatic N) is 4. The molecule has 0 N–H and O–H groups in total. The first kappa shape index (κ1) is 20.5. The summed E-state index contributed by atoms with van der Waals surface area (Å²) in [7, 11) is 3.52. The zero-order valence-electron chi connectivity index (χ0n) is 16.9. The molecule has 1 aromatic carbocycles. The van der Waals surface area contributed by atoms with E-state index in [-0.39, 0.29) is 5.91 Å². The minimum atomic E-state index is 0.168. The van der Waals surface area contributed by atoms with Gasteiger partial charge in [0.15, 0.2) is 11.0 Å². The van der Waals surface area contributed by atoms with Crippen molar-refractivity contribution < 1.29 is 14.3 Å². The maximum atomic E-state index is 12.7. The first-order valence-electron chi connectivity index (χ1n) is 9.58. The van der Waals surface area contributed by atoms with E-state index < -0.39 is 0 Å². The van der Waals surface area contributed by atoms with Crippen molar-refractivity contribution in [2.45, 2.75) is 57.0 Å². The normalized spacial score (nSPS) is 19.5. The van der Waals surface area contributed by atoms with Gasteiger partial charge in [0.05, 0.1) is 12.9 Å². The fraction of sp³-hybridized carbons (Fsp3) is 0.550. The number of ether oxygens (including phenoxy) is 2. The van der Waals surface area contributed by atoms with Gasteiger partial charge in [-0.15, -0.1) is 10.2 Å². The van der Waals surface area contributed by atoms with E-state index in [2.05, 4.69) is 24.0 Å². The summed E-state index contributed by atoms with van der Waals surface area (Å²) in [5, 5.41) is 9.14. The Kier molecular flexibility index (Phi) is 6.83. The number of piperidine rings is 1. The molecule has 1 aliphatic rings. The van der Waals surface area contributed by atoms with Gasteiger partial charge in [0.2, 0.25) is 5.91 Å². The van der Waals surface area contributed by atoms with Crippen LogP contribution in [0.5, 0.6) is 11.5 Å². The molecule has 7 nitrogen and oxygen atoms in total. The maximum Gasteiger partial charge on any atom is 0.233 e. The SMILES string of the molecule is COc1cccc(OCc2nnc(SCC(=O)N3C(C)CCCC3C)n2C)c1. The van der Waals surface area contributed by atoms with Crippen LogP contribution in [0.3, 0.4) is 0 Å². The van der Waals surface area contributed by atoms with Gasteiger partial charge in [-0.25, -0.2) is 0 Å². The van der Waals surface area contributed by atoms with Crippen LogP contribution in [0.25, 0.3) is 0 Å². The van der Waals surface area contributed by atoms with E-state index in [9.17, 15) is 4.79 Å². The van der Waals surface area contributed by atoms with Crippen molar-refractivity contribution in [3.05, 3.63) is 30.1 Å². The summed E-state index contributed by atoms with van der Waals surface area (Å²) in [4.78, 5) is 14.7. The van der Waals surface area contributed by atoms with E-state index in [0.29, 0.717) is 36.0 Å². The second kappa shape index (κ2) is 9.32. The molecule has 2 aromatic rings. The van der Waals surface area contributed by atoms with Crippen molar-refractivity contribution >= 4 is 17.7 Å². The molecule has 152 valence electrons. The molecule has 0 spiro atoms. The highest BCUT2D eigenvalue weighted by Gasteiger charge is 2.29. The summed E-state index contributed by atoms with van der Waals surface area (Å²) >= 11 is 1.42. The van der Waals surface area contributed by atoms with Gasteiger partial charge in [-0.05, 0) is 45.2 Å². The fourth-order valence-corrected chi connectivity index (χ4v) is 4.35. The molecule has 0 bridgehead atoms. The minimum absolute atomic E-state index is 0.168. The third-order valence-corrected chi connectivity index (χ3v) is 6.15. The number of amides is 1. The third kappa shape index (κ3) is 4.79. The number of rotatable bonds is 7. The average Bonchev–Trinajstić information content (AvgIpc) is 3.04. The molecule has 3 rings (SSSR count). The van der Waals surface area contributed by atoms with Crippen LogP contribution in [0, 0.1) is 0 Å². The molecule has 2 atom stereocenters.